The highest BCUT2D eigenvalue weighted by atomic mass is 32.2. The monoisotopic (exact) mass is 497 g/mol. The van der Waals surface area contributed by atoms with Crippen LogP contribution in [0, 0.1) is 19.8 Å². The molecule has 0 radical (unpaired) electrons. The van der Waals surface area contributed by atoms with E-state index in [1.54, 1.807) is 33.1 Å². The van der Waals surface area contributed by atoms with Gasteiger partial charge in [-0.25, -0.2) is 8.42 Å². The molecule has 0 unspecified atom stereocenters. The van der Waals surface area contributed by atoms with Gasteiger partial charge < -0.3 is 19.3 Å². The molecule has 0 aromatic heterocycles. The van der Waals surface area contributed by atoms with Crippen molar-refractivity contribution < 1.29 is 22.7 Å². The standard InChI is InChI=1S/C25H43N3O5S/c1-19-16-23(32-7)17-20(2)25(19)34(30,31)27(5)14-15-33-18-24(29)28(6)22-10-8-21(9-11-22)12-13-26(3)4/h16-17,21-22H,8-15,18H2,1-7H3/t21-,22+. The van der Waals surface area contributed by atoms with Gasteiger partial charge in [0.05, 0.1) is 18.6 Å². The molecule has 1 amide bonds. The Morgan fingerprint density at radius 2 is 1.59 bits per heavy atom. The average Bonchev–Trinajstić information content (AvgIpc) is 2.79. The Kier molecular flexibility index (Phi) is 10.8. The number of benzene rings is 1. The van der Waals surface area contributed by atoms with Crippen LogP contribution in [0.4, 0.5) is 0 Å². The van der Waals surface area contributed by atoms with Crippen molar-refractivity contribution >= 4 is 15.9 Å². The second-order valence-electron chi connectivity index (χ2n) is 9.74. The molecule has 0 heterocycles. The Bertz CT molecular complexity index is 888. The fourth-order valence-electron chi connectivity index (χ4n) is 4.63. The van der Waals surface area contributed by atoms with Crippen molar-refractivity contribution in [2.45, 2.75) is 56.9 Å². The van der Waals surface area contributed by atoms with E-state index in [0.29, 0.717) is 16.9 Å². The molecule has 8 nitrogen and oxygen atoms in total. The highest BCUT2D eigenvalue weighted by Gasteiger charge is 2.27. The van der Waals surface area contributed by atoms with Crippen molar-refractivity contribution in [3.63, 3.8) is 0 Å². The Morgan fingerprint density at radius 3 is 2.12 bits per heavy atom. The molecule has 9 heteroatoms. The predicted molar refractivity (Wildman–Crippen MR) is 135 cm³/mol. The number of likely N-dealkylation sites (N-methyl/N-ethyl adjacent to an activating group) is 2. The molecule has 1 saturated carbocycles. The van der Waals surface area contributed by atoms with E-state index in [1.165, 1.54) is 17.8 Å². The molecule has 1 aliphatic rings. The lowest BCUT2D eigenvalue weighted by Crippen LogP contribution is -2.41. The van der Waals surface area contributed by atoms with Gasteiger partial charge >= 0.3 is 0 Å². The van der Waals surface area contributed by atoms with Crippen LogP contribution in [0.5, 0.6) is 5.75 Å². The van der Waals surface area contributed by atoms with Crippen molar-refractivity contribution in [3.05, 3.63) is 23.3 Å². The van der Waals surface area contributed by atoms with E-state index in [4.69, 9.17) is 9.47 Å². The average molecular weight is 498 g/mol. The van der Waals surface area contributed by atoms with Crippen molar-refractivity contribution in [2.24, 2.45) is 5.92 Å². The first-order chi connectivity index (χ1) is 16.0. The normalized spacial score (nSPS) is 19.0. The third kappa shape index (κ3) is 7.66. The van der Waals surface area contributed by atoms with E-state index in [1.807, 2.05) is 11.9 Å². The lowest BCUT2D eigenvalue weighted by Gasteiger charge is -2.35. The number of hydrogen-bond donors (Lipinski definition) is 0. The highest BCUT2D eigenvalue weighted by molar-refractivity contribution is 7.89. The van der Waals surface area contributed by atoms with Gasteiger partial charge in [-0.3, -0.25) is 4.79 Å². The smallest absolute Gasteiger partial charge is 0.248 e. The van der Waals surface area contributed by atoms with Gasteiger partial charge in [0.25, 0.3) is 0 Å². The summed E-state index contributed by atoms with van der Waals surface area (Å²) in [6.45, 7) is 4.92. The summed E-state index contributed by atoms with van der Waals surface area (Å²) in [4.78, 5) is 16.9. The van der Waals surface area contributed by atoms with Crippen molar-refractivity contribution in [3.8, 4) is 5.75 Å². The van der Waals surface area contributed by atoms with Crippen molar-refractivity contribution in [1.82, 2.24) is 14.1 Å². The number of carbonyl (C=O) groups is 1. The number of sulfonamides is 1. The second-order valence-corrected chi connectivity index (χ2v) is 11.7. The van der Waals surface area contributed by atoms with Crippen LogP contribution in [-0.4, -0.2) is 96.1 Å². The third-order valence-electron chi connectivity index (χ3n) is 6.86. The topological polar surface area (TPSA) is 79.4 Å². The second kappa shape index (κ2) is 12.9. The van der Waals surface area contributed by atoms with Crippen LogP contribution in [0.15, 0.2) is 17.0 Å². The van der Waals surface area contributed by atoms with Crippen LogP contribution in [0.2, 0.25) is 0 Å². The van der Waals surface area contributed by atoms with E-state index in [-0.39, 0.29) is 36.6 Å². The van der Waals surface area contributed by atoms with Gasteiger partial charge in [0.1, 0.15) is 12.4 Å². The van der Waals surface area contributed by atoms with Gasteiger partial charge in [0.2, 0.25) is 15.9 Å². The van der Waals surface area contributed by atoms with E-state index >= 15 is 0 Å². The van der Waals surface area contributed by atoms with Crippen LogP contribution in [-0.2, 0) is 19.6 Å². The zero-order valence-electron chi connectivity index (χ0n) is 22.0. The summed E-state index contributed by atoms with van der Waals surface area (Å²) in [6.07, 6.45) is 5.59. The number of nitrogens with zero attached hydrogens (tertiary/aromatic N) is 3. The Balaban J connectivity index is 1.79. The largest absolute Gasteiger partial charge is 0.497 e. The molecular weight excluding hydrogens is 454 g/mol. The van der Waals surface area contributed by atoms with Crippen LogP contribution in [0.1, 0.15) is 43.2 Å². The predicted octanol–water partition coefficient (Wildman–Crippen LogP) is 2.92. The van der Waals surface area contributed by atoms with Gasteiger partial charge in [0, 0.05) is 26.7 Å². The number of aryl methyl sites for hydroxylation is 2. The molecule has 0 saturated heterocycles. The quantitative estimate of drug-likeness (QED) is 0.413. The summed E-state index contributed by atoms with van der Waals surface area (Å²) < 4.78 is 38.2. The lowest BCUT2D eigenvalue weighted by atomic mass is 9.83. The SMILES string of the molecule is COc1cc(C)c(S(=O)(=O)N(C)CCOCC(=O)N(C)[C@H]2CC[C@@H](CCN(C)C)CC2)c(C)c1. The molecule has 1 fully saturated rings. The minimum absolute atomic E-state index is 0.0362. The van der Waals surface area contributed by atoms with E-state index in [2.05, 4.69) is 19.0 Å². The number of methoxy groups -OCH3 is 1. The Morgan fingerprint density at radius 1 is 1.00 bits per heavy atom. The molecule has 1 aromatic carbocycles. The first kappa shape index (κ1) is 28.6. The summed E-state index contributed by atoms with van der Waals surface area (Å²) in [5.41, 5.74) is 1.27. The molecule has 1 aliphatic carbocycles. The minimum atomic E-state index is -3.68. The summed E-state index contributed by atoms with van der Waals surface area (Å²) >= 11 is 0. The Hall–Kier alpha value is -1.68. The van der Waals surface area contributed by atoms with E-state index in [0.717, 1.165) is 38.1 Å². The van der Waals surface area contributed by atoms with Crippen LogP contribution < -0.4 is 4.74 Å². The molecule has 0 N–H and O–H groups in total. The molecular formula is C25H43N3O5S. The Labute approximate surface area is 206 Å². The fourth-order valence-corrected chi connectivity index (χ4v) is 6.19. The van der Waals surface area contributed by atoms with Crippen LogP contribution in [0.25, 0.3) is 0 Å². The van der Waals surface area contributed by atoms with E-state index < -0.39 is 10.0 Å². The molecule has 0 atom stereocenters. The zero-order valence-corrected chi connectivity index (χ0v) is 22.8. The molecule has 2 rings (SSSR count). The maximum atomic E-state index is 13.1. The first-order valence-electron chi connectivity index (χ1n) is 12.1. The van der Waals surface area contributed by atoms with Gasteiger partial charge in [-0.1, -0.05) is 0 Å². The number of ether oxygens (including phenoxy) is 2. The van der Waals surface area contributed by atoms with Gasteiger partial charge in [-0.2, -0.15) is 4.31 Å². The number of hydrogen-bond acceptors (Lipinski definition) is 6. The number of carbonyl (C=O) groups excluding carboxylic acids is 1. The molecule has 1 aromatic rings. The highest BCUT2D eigenvalue weighted by Crippen LogP contribution is 2.30. The van der Waals surface area contributed by atoms with Gasteiger partial charge in [0.15, 0.2) is 0 Å². The van der Waals surface area contributed by atoms with Crippen molar-refractivity contribution in [1.29, 1.82) is 0 Å². The molecule has 0 bridgehead atoms. The van der Waals surface area contributed by atoms with E-state index in [9.17, 15) is 13.2 Å². The maximum Gasteiger partial charge on any atom is 0.248 e. The lowest BCUT2D eigenvalue weighted by molar-refractivity contribution is -0.137. The van der Waals surface area contributed by atoms with Gasteiger partial charge in [-0.15, -0.1) is 0 Å². The van der Waals surface area contributed by atoms with Crippen molar-refractivity contribution in [2.75, 3.05) is 61.6 Å². The summed E-state index contributed by atoms with van der Waals surface area (Å²) in [5.74, 6) is 1.32. The number of rotatable bonds is 12. The molecule has 194 valence electrons. The minimum Gasteiger partial charge on any atom is -0.497 e. The van der Waals surface area contributed by atoms with Gasteiger partial charge in [-0.05, 0) is 95.8 Å². The molecule has 0 aliphatic heterocycles. The molecule has 34 heavy (non-hydrogen) atoms. The number of amides is 1. The first-order valence-corrected chi connectivity index (χ1v) is 13.5. The fraction of sp³-hybridized carbons (Fsp3) is 0.720. The summed E-state index contributed by atoms with van der Waals surface area (Å²) in [7, 11) is 5.47. The third-order valence-corrected chi connectivity index (χ3v) is 9.02. The maximum absolute atomic E-state index is 13.1. The summed E-state index contributed by atoms with van der Waals surface area (Å²) in [5, 5.41) is 0. The summed E-state index contributed by atoms with van der Waals surface area (Å²) in [6, 6.07) is 3.69. The van der Waals surface area contributed by atoms with Crippen LogP contribution in [0.3, 0.4) is 0 Å². The zero-order chi connectivity index (χ0) is 25.5. The van der Waals surface area contributed by atoms with Crippen LogP contribution >= 0.6 is 0 Å². The molecule has 0 spiro atoms.